The number of hydrogen-bond acceptors (Lipinski definition) is 0. The van der Waals surface area contributed by atoms with Crippen molar-refractivity contribution in [1.82, 2.24) is 0 Å². The van der Waals surface area contributed by atoms with Crippen LogP contribution >= 0.6 is 0 Å². The molecule has 4 heavy (non-hydrogen) atoms. The molecule has 0 aromatic rings. The molecule has 0 nitrogen and oxygen atoms in total. The topological polar surface area (TPSA) is 0 Å². The minimum absolute atomic E-state index is 0. The van der Waals surface area contributed by atoms with Gasteiger partial charge in [0.25, 0.3) is 0 Å². The van der Waals surface area contributed by atoms with Gasteiger partial charge in [-0.05, 0) is 0 Å². The van der Waals surface area contributed by atoms with Gasteiger partial charge >= 0.3 is 45.5 Å². The Labute approximate surface area is 81.2 Å². The van der Waals surface area contributed by atoms with E-state index in [1.54, 1.807) is 0 Å². The van der Waals surface area contributed by atoms with Crippen LogP contribution in [0.2, 0.25) is 0 Å². The molecular formula is Cl3Sr-. The van der Waals surface area contributed by atoms with Gasteiger partial charge in [0.15, 0.2) is 0 Å². The fourth-order valence-electron chi connectivity index (χ4n) is 0. The van der Waals surface area contributed by atoms with Gasteiger partial charge in [-0.15, -0.1) is 0 Å². The van der Waals surface area contributed by atoms with Crippen molar-refractivity contribution in [2.45, 2.75) is 0 Å². The van der Waals surface area contributed by atoms with Gasteiger partial charge in [-0.25, -0.2) is 0 Å². The Morgan fingerprint density at radius 3 is 0.500 bits per heavy atom. The van der Waals surface area contributed by atoms with Crippen LogP contribution in [0.5, 0.6) is 0 Å². The predicted octanol–water partition coefficient (Wildman–Crippen LogP) is -9.37. The molecule has 0 amide bonds. The molecule has 0 heterocycles. The molecular weight excluding hydrogens is 194 g/mol. The number of rotatable bonds is 0. The molecule has 0 spiro atoms. The van der Waals surface area contributed by atoms with Crippen molar-refractivity contribution in [3.05, 3.63) is 0 Å². The second-order valence-corrected chi connectivity index (χ2v) is 0. The van der Waals surface area contributed by atoms with Gasteiger partial charge in [0.2, 0.25) is 0 Å². The molecule has 0 aliphatic rings. The first-order valence-electron chi connectivity index (χ1n) is 0. The monoisotopic (exact) mass is 193 g/mol. The third-order valence-corrected chi connectivity index (χ3v) is 0. The number of hydrogen-bond donors (Lipinski definition) is 0. The Hall–Kier alpha value is 2.35. The summed E-state index contributed by atoms with van der Waals surface area (Å²) >= 11 is 0. The molecule has 0 atom stereocenters. The Balaban J connectivity index is 0. The van der Waals surface area contributed by atoms with Crippen LogP contribution in [0.4, 0.5) is 0 Å². The molecule has 0 aliphatic heterocycles. The molecule has 0 rings (SSSR count). The average Bonchev–Trinajstić information content (AvgIpc) is 0. The van der Waals surface area contributed by atoms with Gasteiger partial charge in [-0.2, -0.15) is 0 Å². The van der Waals surface area contributed by atoms with Crippen molar-refractivity contribution in [2.75, 3.05) is 0 Å². The quantitative estimate of drug-likeness (QED) is 0.336. The Kier molecular flexibility index (Phi) is 151. The molecule has 0 saturated heterocycles. The first-order valence-corrected chi connectivity index (χ1v) is 0. The largest absolute Gasteiger partial charge is 2.00 e. The van der Waals surface area contributed by atoms with Crippen molar-refractivity contribution in [3.8, 4) is 0 Å². The van der Waals surface area contributed by atoms with Crippen LogP contribution in [-0.4, -0.2) is 45.5 Å². The summed E-state index contributed by atoms with van der Waals surface area (Å²) in [6, 6.07) is 0. The summed E-state index contributed by atoms with van der Waals surface area (Å²) in [6.45, 7) is 0. The standard InChI is InChI=1S/3ClH.Sr/h3*1H;/q;;;+2/p-3. The first-order chi connectivity index (χ1) is 0. The normalized spacial score (nSPS) is 0. The zero-order valence-electron chi connectivity index (χ0n) is 1.84. The van der Waals surface area contributed by atoms with Gasteiger partial charge in [-0.3, -0.25) is 0 Å². The van der Waals surface area contributed by atoms with E-state index in [4.69, 9.17) is 0 Å². The summed E-state index contributed by atoms with van der Waals surface area (Å²) in [4.78, 5) is 0. The molecule has 0 aromatic heterocycles. The fourth-order valence-corrected chi connectivity index (χ4v) is 0. The first kappa shape index (κ1) is 32.9. The number of halogens is 3. The minimum atomic E-state index is 0. The maximum Gasteiger partial charge on any atom is 2.00 e. The fraction of sp³-hybridized carbons (Fsp3) is 0. The maximum atomic E-state index is 0. The molecule has 0 aliphatic carbocycles. The molecule has 24 valence electrons. The van der Waals surface area contributed by atoms with Crippen molar-refractivity contribution in [1.29, 1.82) is 0 Å². The smallest absolute Gasteiger partial charge is 1.00 e. The average molecular weight is 194 g/mol. The molecule has 0 N–H and O–H groups in total. The zero-order valence-corrected chi connectivity index (χ0v) is 7.58. The van der Waals surface area contributed by atoms with E-state index in [1.165, 1.54) is 0 Å². The van der Waals surface area contributed by atoms with Gasteiger partial charge in [0, 0.05) is 0 Å². The van der Waals surface area contributed by atoms with E-state index in [2.05, 4.69) is 0 Å². The van der Waals surface area contributed by atoms with Crippen LogP contribution in [0.15, 0.2) is 0 Å². The summed E-state index contributed by atoms with van der Waals surface area (Å²) in [7, 11) is 0. The minimum Gasteiger partial charge on any atom is -1.00 e. The Morgan fingerprint density at radius 1 is 0.500 bits per heavy atom. The molecule has 0 aromatic carbocycles. The molecule has 4 heteroatoms. The predicted molar refractivity (Wildman–Crippen MR) is 5.75 cm³/mol. The zero-order chi connectivity index (χ0) is 0. The van der Waals surface area contributed by atoms with E-state index in [0.717, 1.165) is 0 Å². The van der Waals surface area contributed by atoms with Crippen LogP contribution in [0.3, 0.4) is 0 Å². The summed E-state index contributed by atoms with van der Waals surface area (Å²) < 4.78 is 0. The summed E-state index contributed by atoms with van der Waals surface area (Å²) in [5.41, 5.74) is 0. The van der Waals surface area contributed by atoms with E-state index in [1.807, 2.05) is 0 Å². The molecule has 0 bridgehead atoms. The van der Waals surface area contributed by atoms with Gasteiger partial charge in [0.05, 0.1) is 0 Å². The Bertz CT molecular complexity index is 3.25. The van der Waals surface area contributed by atoms with Crippen LogP contribution in [-0.2, 0) is 0 Å². The Morgan fingerprint density at radius 2 is 0.500 bits per heavy atom. The molecule has 0 fully saturated rings. The van der Waals surface area contributed by atoms with E-state index in [0.29, 0.717) is 0 Å². The van der Waals surface area contributed by atoms with E-state index in [-0.39, 0.29) is 82.7 Å². The van der Waals surface area contributed by atoms with Gasteiger partial charge in [0.1, 0.15) is 0 Å². The summed E-state index contributed by atoms with van der Waals surface area (Å²) in [5.74, 6) is 0. The summed E-state index contributed by atoms with van der Waals surface area (Å²) in [5, 5.41) is 0. The van der Waals surface area contributed by atoms with Crippen molar-refractivity contribution < 1.29 is 37.2 Å². The van der Waals surface area contributed by atoms with Crippen LogP contribution in [0.1, 0.15) is 0 Å². The van der Waals surface area contributed by atoms with Crippen molar-refractivity contribution in [2.24, 2.45) is 0 Å². The second kappa shape index (κ2) is 18.3. The third kappa shape index (κ3) is 8.84. The summed E-state index contributed by atoms with van der Waals surface area (Å²) in [6.07, 6.45) is 0. The third-order valence-electron chi connectivity index (χ3n) is 0. The van der Waals surface area contributed by atoms with E-state index >= 15 is 0 Å². The van der Waals surface area contributed by atoms with E-state index < -0.39 is 0 Å². The van der Waals surface area contributed by atoms with Crippen LogP contribution in [0, 0.1) is 0 Å². The van der Waals surface area contributed by atoms with Crippen molar-refractivity contribution >= 4 is 45.5 Å². The second-order valence-electron chi connectivity index (χ2n) is 0. The maximum absolute atomic E-state index is 0. The van der Waals surface area contributed by atoms with Crippen LogP contribution < -0.4 is 37.2 Å². The molecule has 0 radical (unpaired) electrons. The molecule has 0 saturated carbocycles. The van der Waals surface area contributed by atoms with E-state index in [9.17, 15) is 0 Å². The SMILES string of the molecule is [Cl-].[Cl-].[Cl-].[Sr+2]. The van der Waals surface area contributed by atoms with Gasteiger partial charge < -0.3 is 37.2 Å². The van der Waals surface area contributed by atoms with Gasteiger partial charge in [-0.1, -0.05) is 0 Å². The van der Waals surface area contributed by atoms with Crippen LogP contribution in [0.25, 0.3) is 0 Å². The molecule has 0 unspecified atom stereocenters. The van der Waals surface area contributed by atoms with Crippen molar-refractivity contribution in [3.63, 3.8) is 0 Å².